The summed E-state index contributed by atoms with van der Waals surface area (Å²) in [6.45, 7) is 2.87. The number of pyridine rings is 1. The van der Waals surface area contributed by atoms with Crippen molar-refractivity contribution < 1.29 is 4.74 Å². The van der Waals surface area contributed by atoms with Gasteiger partial charge in [0, 0.05) is 12.7 Å². The molecule has 0 bridgehead atoms. The van der Waals surface area contributed by atoms with Crippen molar-refractivity contribution in [2.45, 2.75) is 13.3 Å². The average Bonchev–Trinajstić information content (AvgIpc) is 2.41. The molecule has 0 aliphatic rings. The molecule has 0 saturated heterocycles. The van der Waals surface area contributed by atoms with Crippen molar-refractivity contribution in [3.8, 4) is 11.6 Å². The van der Waals surface area contributed by atoms with Crippen LogP contribution in [0.1, 0.15) is 13.3 Å². The molecule has 2 rings (SSSR count). The minimum Gasteiger partial charge on any atom is -0.435 e. The average molecular weight is 245 g/mol. The number of hydrogen-bond acceptors (Lipinski definition) is 6. The molecular weight excluding hydrogens is 230 g/mol. The standard InChI is InChI=1S/C12H15N5O/c1-2-5-15-11-10(13)12(17-8-16-11)18-9-4-3-6-14-7-9/h3-4,6-8H,2,5,13H2,1H3,(H,15,16,17). The van der Waals surface area contributed by atoms with Crippen LogP contribution in [0.5, 0.6) is 11.6 Å². The highest BCUT2D eigenvalue weighted by Crippen LogP contribution is 2.28. The molecule has 2 aromatic heterocycles. The molecule has 0 fully saturated rings. The number of rotatable bonds is 5. The molecule has 0 aromatic carbocycles. The van der Waals surface area contributed by atoms with Gasteiger partial charge in [-0.05, 0) is 18.6 Å². The topological polar surface area (TPSA) is 86.0 Å². The molecule has 0 saturated carbocycles. The monoisotopic (exact) mass is 245 g/mol. The Morgan fingerprint density at radius 1 is 1.39 bits per heavy atom. The van der Waals surface area contributed by atoms with Gasteiger partial charge in [0.15, 0.2) is 5.82 Å². The second-order valence-electron chi connectivity index (χ2n) is 3.66. The summed E-state index contributed by atoms with van der Waals surface area (Å²) in [5, 5.41) is 3.12. The van der Waals surface area contributed by atoms with Gasteiger partial charge in [-0.2, -0.15) is 4.98 Å². The van der Waals surface area contributed by atoms with E-state index in [-0.39, 0.29) is 0 Å². The van der Waals surface area contributed by atoms with Gasteiger partial charge in [-0.15, -0.1) is 0 Å². The molecule has 2 aromatic rings. The van der Waals surface area contributed by atoms with Crippen LogP contribution in [0.2, 0.25) is 0 Å². The fourth-order valence-electron chi connectivity index (χ4n) is 1.36. The third-order valence-corrected chi connectivity index (χ3v) is 2.24. The summed E-state index contributed by atoms with van der Waals surface area (Å²) >= 11 is 0. The Morgan fingerprint density at radius 3 is 3.00 bits per heavy atom. The van der Waals surface area contributed by atoms with Crippen LogP contribution < -0.4 is 15.8 Å². The number of anilines is 2. The highest BCUT2D eigenvalue weighted by molar-refractivity contribution is 5.66. The van der Waals surface area contributed by atoms with E-state index in [0.29, 0.717) is 23.1 Å². The van der Waals surface area contributed by atoms with Gasteiger partial charge in [0.05, 0.1) is 6.20 Å². The maximum Gasteiger partial charge on any atom is 0.248 e. The van der Waals surface area contributed by atoms with E-state index in [1.54, 1.807) is 24.5 Å². The van der Waals surface area contributed by atoms with E-state index in [4.69, 9.17) is 10.5 Å². The SMILES string of the molecule is CCCNc1ncnc(Oc2cccnc2)c1N. The maximum atomic E-state index is 5.94. The van der Waals surface area contributed by atoms with Crippen LogP contribution in [0, 0.1) is 0 Å². The number of nitrogens with zero attached hydrogens (tertiary/aromatic N) is 3. The summed E-state index contributed by atoms with van der Waals surface area (Å²) in [6.07, 6.45) is 5.67. The van der Waals surface area contributed by atoms with Crippen LogP contribution in [0.4, 0.5) is 11.5 Å². The van der Waals surface area contributed by atoms with Crippen molar-refractivity contribution in [1.82, 2.24) is 15.0 Å². The first kappa shape index (κ1) is 12.1. The third-order valence-electron chi connectivity index (χ3n) is 2.24. The van der Waals surface area contributed by atoms with Crippen molar-refractivity contribution in [3.05, 3.63) is 30.9 Å². The molecule has 18 heavy (non-hydrogen) atoms. The molecule has 0 aliphatic carbocycles. The molecule has 94 valence electrons. The molecule has 0 unspecified atom stereocenters. The Balaban J connectivity index is 2.18. The summed E-state index contributed by atoms with van der Waals surface area (Å²) in [7, 11) is 0. The first-order chi connectivity index (χ1) is 8.81. The summed E-state index contributed by atoms with van der Waals surface area (Å²) in [5.74, 6) is 1.51. The molecular formula is C12H15N5O. The number of nitrogens with two attached hydrogens (primary N) is 1. The zero-order chi connectivity index (χ0) is 12.8. The third kappa shape index (κ3) is 2.85. The zero-order valence-corrected chi connectivity index (χ0v) is 10.1. The molecule has 0 atom stereocenters. The van der Waals surface area contributed by atoms with E-state index in [1.807, 2.05) is 0 Å². The van der Waals surface area contributed by atoms with Gasteiger partial charge in [0.2, 0.25) is 5.88 Å². The van der Waals surface area contributed by atoms with E-state index in [0.717, 1.165) is 13.0 Å². The lowest BCUT2D eigenvalue weighted by molar-refractivity contribution is 0.462. The van der Waals surface area contributed by atoms with E-state index in [2.05, 4.69) is 27.2 Å². The van der Waals surface area contributed by atoms with Crippen LogP contribution in [0.25, 0.3) is 0 Å². The number of nitrogens with one attached hydrogen (secondary N) is 1. The molecule has 0 radical (unpaired) electrons. The normalized spacial score (nSPS) is 10.1. The summed E-state index contributed by atoms with van der Waals surface area (Å²) in [5.41, 5.74) is 6.34. The van der Waals surface area contributed by atoms with Gasteiger partial charge < -0.3 is 15.8 Å². The molecule has 0 aliphatic heterocycles. The van der Waals surface area contributed by atoms with E-state index < -0.39 is 0 Å². The highest BCUT2D eigenvalue weighted by atomic mass is 16.5. The second kappa shape index (κ2) is 5.81. The first-order valence-corrected chi connectivity index (χ1v) is 5.73. The fraction of sp³-hybridized carbons (Fsp3) is 0.250. The lowest BCUT2D eigenvalue weighted by Gasteiger charge is -2.10. The smallest absolute Gasteiger partial charge is 0.248 e. The van der Waals surface area contributed by atoms with Crippen molar-refractivity contribution in [2.75, 3.05) is 17.6 Å². The minimum atomic E-state index is 0.330. The number of hydrogen-bond donors (Lipinski definition) is 2. The molecule has 6 heteroatoms. The summed E-state index contributed by atoms with van der Waals surface area (Å²) < 4.78 is 5.55. The van der Waals surface area contributed by atoms with Gasteiger partial charge in [-0.3, -0.25) is 4.98 Å². The second-order valence-corrected chi connectivity index (χ2v) is 3.66. The Kier molecular flexibility index (Phi) is 3.90. The van der Waals surface area contributed by atoms with E-state index in [1.165, 1.54) is 6.33 Å². The molecule has 3 N–H and O–H groups in total. The summed E-state index contributed by atoms with van der Waals surface area (Å²) in [4.78, 5) is 12.0. The van der Waals surface area contributed by atoms with Gasteiger partial charge in [-0.1, -0.05) is 6.92 Å². The Bertz CT molecular complexity index is 503. The van der Waals surface area contributed by atoms with E-state index in [9.17, 15) is 0 Å². The Labute approximate surface area is 105 Å². The van der Waals surface area contributed by atoms with Crippen molar-refractivity contribution in [1.29, 1.82) is 0 Å². The predicted molar refractivity (Wildman–Crippen MR) is 69.5 cm³/mol. The Morgan fingerprint density at radius 2 is 2.28 bits per heavy atom. The van der Waals surface area contributed by atoms with Crippen LogP contribution in [0.3, 0.4) is 0 Å². The predicted octanol–water partition coefficient (Wildman–Crippen LogP) is 2.07. The number of ether oxygens (including phenoxy) is 1. The lowest BCUT2D eigenvalue weighted by Crippen LogP contribution is -2.07. The van der Waals surface area contributed by atoms with Gasteiger partial charge in [-0.25, -0.2) is 4.98 Å². The molecule has 6 nitrogen and oxygen atoms in total. The van der Waals surface area contributed by atoms with Gasteiger partial charge in [0.1, 0.15) is 17.8 Å². The van der Waals surface area contributed by atoms with Gasteiger partial charge >= 0.3 is 0 Å². The molecule has 2 heterocycles. The van der Waals surface area contributed by atoms with Crippen LogP contribution in [-0.4, -0.2) is 21.5 Å². The number of aromatic nitrogens is 3. The maximum absolute atomic E-state index is 5.94. The quantitative estimate of drug-likeness (QED) is 0.838. The van der Waals surface area contributed by atoms with Gasteiger partial charge in [0.25, 0.3) is 0 Å². The van der Waals surface area contributed by atoms with E-state index >= 15 is 0 Å². The van der Waals surface area contributed by atoms with Crippen molar-refractivity contribution in [3.63, 3.8) is 0 Å². The lowest BCUT2D eigenvalue weighted by atomic mass is 10.4. The molecule has 0 amide bonds. The number of nitrogen functional groups attached to an aromatic ring is 1. The first-order valence-electron chi connectivity index (χ1n) is 5.73. The van der Waals surface area contributed by atoms with Crippen molar-refractivity contribution in [2.24, 2.45) is 0 Å². The van der Waals surface area contributed by atoms with Crippen LogP contribution >= 0.6 is 0 Å². The van der Waals surface area contributed by atoms with Crippen LogP contribution in [0.15, 0.2) is 30.9 Å². The molecule has 0 spiro atoms. The van der Waals surface area contributed by atoms with Crippen LogP contribution in [-0.2, 0) is 0 Å². The highest BCUT2D eigenvalue weighted by Gasteiger charge is 2.09. The van der Waals surface area contributed by atoms with Crippen molar-refractivity contribution >= 4 is 11.5 Å². The minimum absolute atomic E-state index is 0.330. The summed E-state index contributed by atoms with van der Waals surface area (Å²) in [6, 6.07) is 3.57. The fourth-order valence-corrected chi connectivity index (χ4v) is 1.36. The largest absolute Gasteiger partial charge is 0.435 e. The Hall–Kier alpha value is -2.37. The zero-order valence-electron chi connectivity index (χ0n) is 10.1.